The van der Waals surface area contributed by atoms with Crippen molar-refractivity contribution in [1.82, 2.24) is 10.3 Å². The molecule has 1 amide bonds. The minimum absolute atomic E-state index is 0.0219. The van der Waals surface area contributed by atoms with E-state index in [4.69, 9.17) is 4.74 Å². The number of rotatable bonds is 4. The third-order valence-electron chi connectivity index (χ3n) is 3.45. The van der Waals surface area contributed by atoms with Crippen molar-refractivity contribution >= 4 is 11.6 Å². The van der Waals surface area contributed by atoms with E-state index in [-0.39, 0.29) is 11.3 Å². The molecule has 1 aliphatic rings. The number of carbonyl (C=O) groups excluding carboxylic acids is 1. The number of nitrogens with one attached hydrogen (secondary N) is 2. The van der Waals surface area contributed by atoms with Gasteiger partial charge in [-0.15, -0.1) is 0 Å². The van der Waals surface area contributed by atoms with Crippen LogP contribution in [0.4, 0.5) is 5.69 Å². The van der Waals surface area contributed by atoms with Gasteiger partial charge < -0.3 is 15.4 Å². The molecule has 0 bridgehead atoms. The smallest absolute Gasteiger partial charge is 0.237 e. The second-order valence-electron chi connectivity index (χ2n) is 5.08. The first-order valence-corrected chi connectivity index (χ1v) is 6.76. The fourth-order valence-electron chi connectivity index (χ4n) is 2.26. The minimum Gasteiger partial charge on any atom is -0.476 e. The number of carbonyl (C=O) groups is 1. The van der Waals surface area contributed by atoms with Crippen molar-refractivity contribution in [3.8, 4) is 5.88 Å². The summed E-state index contributed by atoms with van der Waals surface area (Å²) >= 11 is 0. The van der Waals surface area contributed by atoms with Crippen molar-refractivity contribution in [1.29, 1.82) is 0 Å². The van der Waals surface area contributed by atoms with E-state index in [9.17, 15) is 4.79 Å². The zero-order valence-corrected chi connectivity index (χ0v) is 11.5. The van der Waals surface area contributed by atoms with Crippen LogP contribution in [0.15, 0.2) is 18.3 Å². The molecule has 2 rings (SSSR count). The van der Waals surface area contributed by atoms with Crippen molar-refractivity contribution in [2.75, 3.05) is 25.0 Å². The van der Waals surface area contributed by atoms with Crippen molar-refractivity contribution in [3.05, 3.63) is 18.3 Å². The number of anilines is 1. The van der Waals surface area contributed by atoms with Crippen molar-refractivity contribution in [3.63, 3.8) is 0 Å². The molecule has 2 N–H and O–H groups in total. The van der Waals surface area contributed by atoms with Crippen LogP contribution in [-0.4, -0.2) is 30.6 Å². The molecule has 1 fully saturated rings. The van der Waals surface area contributed by atoms with Gasteiger partial charge in [0.1, 0.15) is 5.69 Å². The van der Waals surface area contributed by atoms with E-state index in [0.29, 0.717) is 24.7 Å². The maximum atomic E-state index is 12.4. The molecule has 1 saturated heterocycles. The predicted octanol–water partition coefficient (Wildman–Crippen LogP) is 1.81. The Hall–Kier alpha value is -1.62. The van der Waals surface area contributed by atoms with Gasteiger partial charge in [-0.2, -0.15) is 0 Å². The highest BCUT2D eigenvalue weighted by Gasteiger charge is 2.35. The van der Waals surface area contributed by atoms with Crippen LogP contribution < -0.4 is 15.4 Å². The Kier molecular flexibility index (Phi) is 4.37. The quantitative estimate of drug-likeness (QED) is 0.869. The van der Waals surface area contributed by atoms with Gasteiger partial charge in [-0.1, -0.05) is 0 Å². The fraction of sp³-hybridized carbons (Fsp3) is 0.571. The molecule has 1 aromatic heterocycles. The Balaban J connectivity index is 2.10. The second kappa shape index (κ2) is 6.02. The normalized spacial score (nSPS) is 22.8. The molecule has 1 atom stereocenters. The van der Waals surface area contributed by atoms with Crippen LogP contribution in [0, 0.1) is 5.41 Å². The van der Waals surface area contributed by atoms with Crippen LogP contribution in [-0.2, 0) is 4.79 Å². The zero-order chi connectivity index (χ0) is 13.7. The van der Waals surface area contributed by atoms with Crippen LogP contribution in [0.5, 0.6) is 5.88 Å². The average Bonchev–Trinajstić information content (AvgIpc) is 2.42. The summed E-state index contributed by atoms with van der Waals surface area (Å²) in [6, 6.07) is 3.61. The largest absolute Gasteiger partial charge is 0.476 e. The minimum atomic E-state index is -0.364. The fourth-order valence-corrected chi connectivity index (χ4v) is 2.26. The molecule has 0 aromatic carbocycles. The number of nitrogens with zero attached hydrogens (tertiary/aromatic N) is 1. The lowest BCUT2D eigenvalue weighted by atomic mass is 9.82. The van der Waals surface area contributed by atoms with Gasteiger partial charge in [-0.25, -0.2) is 4.98 Å². The number of aromatic nitrogens is 1. The standard InChI is InChI=1S/C14H21N3O2/c1-3-19-12-11(6-4-9-16-12)17-13(18)14(2)7-5-8-15-10-14/h4,6,9,15H,3,5,7-8,10H2,1-2H3,(H,17,18). The maximum absolute atomic E-state index is 12.4. The topological polar surface area (TPSA) is 63.2 Å². The van der Waals surface area contributed by atoms with Crippen molar-refractivity contribution < 1.29 is 9.53 Å². The Morgan fingerprint density at radius 2 is 2.47 bits per heavy atom. The van der Waals surface area contributed by atoms with Crippen LogP contribution in [0.2, 0.25) is 0 Å². The summed E-state index contributed by atoms with van der Waals surface area (Å²) < 4.78 is 5.42. The predicted molar refractivity (Wildman–Crippen MR) is 74.2 cm³/mol. The van der Waals surface area contributed by atoms with E-state index in [1.54, 1.807) is 12.3 Å². The van der Waals surface area contributed by atoms with Gasteiger partial charge in [0, 0.05) is 12.7 Å². The van der Waals surface area contributed by atoms with Gasteiger partial charge in [-0.3, -0.25) is 4.79 Å². The molecule has 1 aliphatic heterocycles. The Bertz CT molecular complexity index is 442. The van der Waals surface area contributed by atoms with E-state index in [0.717, 1.165) is 19.4 Å². The highest BCUT2D eigenvalue weighted by molar-refractivity contribution is 5.96. The van der Waals surface area contributed by atoms with Gasteiger partial charge in [0.05, 0.1) is 12.0 Å². The molecule has 0 radical (unpaired) electrons. The Morgan fingerprint density at radius 1 is 1.63 bits per heavy atom. The molecule has 5 nitrogen and oxygen atoms in total. The molecule has 0 aliphatic carbocycles. The first-order valence-electron chi connectivity index (χ1n) is 6.76. The first kappa shape index (κ1) is 13.8. The van der Waals surface area contributed by atoms with Gasteiger partial charge >= 0.3 is 0 Å². The van der Waals surface area contributed by atoms with E-state index >= 15 is 0 Å². The number of ether oxygens (including phenoxy) is 1. The molecule has 1 aromatic rings. The summed E-state index contributed by atoms with van der Waals surface area (Å²) in [5.41, 5.74) is 0.276. The molecule has 0 saturated carbocycles. The Labute approximate surface area is 113 Å². The van der Waals surface area contributed by atoms with Crippen molar-refractivity contribution in [2.24, 2.45) is 5.41 Å². The average molecular weight is 263 g/mol. The highest BCUT2D eigenvalue weighted by atomic mass is 16.5. The summed E-state index contributed by atoms with van der Waals surface area (Å²) in [5.74, 6) is 0.499. The molecule has 104 valence electrons. The summed E-state index contributed by atoms with van der Waals surface area (Å²) in [6.45, 7) is 6.11. The molecular formula is C14H21N3O2. The lowest BCUT2D eigenvalue weighted by Crippen LogP contribution is -2.46. The summed E-state index contributed by atoms with van der Waals surface area (Å²) in [6.07, 6.45) is 3.58. The van der Waals surface area contributed by atoms with Gasteiger partial charge in [-0.05, 0) is 45.4 Å². The third kappa shape index (κ3) is 3.23. The SMILES string of the molecule is CCOc1ncccc1NC(=O)C1(C)CCCNC1. The molecule has 5 heteroatoms. The van der Waals surface area contributed by atoms with Gasteiger partial charge in [0.25, 0.3) is 0 Å². The number of piperidine rings is 1. The number of amides is 1. The van der Waals surface area contributed by atoms with Crippen LogP contribution >= 0.6 is 0 Å². The third-order valence-corrected chi connectivity index (χ3v) is 3.45. The number of pyridine rings is 1. The summed E-state index contributed by atoms with van der Waals surface area (Å²) in [4.78, 5) is 16.5. The monoisotopic (exact) mass is 263 g/mol. The first-order chi connectivity index (χ1) is 9.15. The maximum Gasteiger partial charge on any atom is 0.237 e. The van der Waals surface area contributed by atoms with Crippen LogP contribution in [0.25, 0.3) is 0 Å². The lowest BCUT2D eigenvalue weighted by Gasteiger charge is -2.32. The molecule has 2 heterocycles. The summed E-state index contributed by atoms with van der Waals surface area (Å²) in [7, 11) is 0. The molecule has 1 unspecified atom stereocenters. The number of hydrogen-bond acceptors (Lipinski definition) is 4. The summed E-state index contributed by atoms with van der Waals surface area (Å²) in [5, 5.41) is 6.21. The van der Waals surface area contributed by atoms with E-state index in [2.05, 4.69) is 15.6 Å². The van der Waals surface area contributed by atoms with Crippen LogP contribution in [0.3, 0.4) is 0 Å². The number of hydrogen-bond donors (Lipinski definition) is 2. The van der Waals surface area contributed by atoms with E-state index in [1.807, 2.05) is 19.9 Å². The van der Waals surface area contributed by atoms with Gasteiger partial charge in [0.15, 0.2) is 0 Å². The molecule has 0 spiro atoms. The van der Waals surface area contributed by atoms with Crippen molar-refractivity contribution in [2.45, 2.75) is 26.7 Å². The second-order valence-corrected chi connectivity index (χ2v) is 5.08. The molecular weight excluding hydrogens is 242 g/mol. The highest BCUT2D eigenvalue weighted by Crippen LogP contribution is 2.29. The van der Waals surface area contributed by atoms with Crippen LogP contribution in [0.1, 0.15) is 26.7 Å². The van der Waals surface area contributed by atoms with E-state index < -0.39 is 0 Å². The Morgan fingerprint density at radius 3 is 3.16 bits per heavy atom. The zero-order valence-electron chi connectivity index (χ0n) is 11.5. The lowest BCUT2D eigenvalue weighted by molar-refractivity contribution is -0.125. The van der Waals surface area contributed by atoms with E-state index in [1.165, 1.54) is 0 Å². The molecule has 19 heavy (non-hydrogen) atoms. The van der Waals surface area contributed by atoms with Gasteiger partial charge in [0.2, 0.25) is 11.8 Å².